The van der Waals surface area contributed by atoms with Crippen molar-refractivity contribution in [3.63, 3.8) is 0 Å². The van der Waals surface area contributed by atoms with Crippen molar-refractivity contribution in [2.75, 3.05) is 23.9 Å². The number of hydrogen-bond donors (Lipinski definition) is 3. The molecule has 1 atom stereocenters. The number of thioether (sulfide) groups is 1. The summed E-state index contributed by atoms with van der Waals surface area (Å²) in [7, 11) is 1.49. The zero-order valence-electron chi connectivity index (χ0n) is 10.8. The van der Waals surface area contributed by atoms with Gasteiger partial charge in [0.1, 0.15) is 11.8 Å². The van der Waals surface area contributed by atoms with Gasteiger partial charge in [-0.25, -0.2) is 0 Å². The maximum atomic E-state index is 11.7. The van der Waals surface area contributed by atoms with Crippen LogP contribution in [0.3, 0.4) is 0 Å². The van der Waals surface area contributed by atoms with Gasteiger partial charge in [0.25, 0.3) is 0 Å². The molecule has 0 saturated carbocycles. The van der Waals surface area contributed by atoms with Gasteiger partial charge in [0, 0.05) is 10.8 Å². The number of carboxylic acids is 1. The van der Waals surface area contributed by atoms with Crippen LogP contribution in [0, 0.1) is 0 Å². The number of aliphatic carboxylic acids is 1. The first-order chi connectivity index (χ1) is 9.43. The number of methoxy groups -OCH3 is 1. The molecule has 0 saturated heterocycles. The second kappa shape index (κ2) is 7.98. The van der Waals surface area contributed by atoms with E-state index < -0.39 is 12.0 Å². The highest BCUT2D eigenvalue weighted by atomic mass is 35.5. The van der Waals surface area contributed by atoms with Crippen molar-refractivity contribution in [1.29, 1.82) is 0 Å². The molecule has 0 radical (unpaired) electrons. The zero-order valence-corrected chi connectivity index (χ0v) is 12.3. The zero-order chi connectivity index (χ0) is 15.1. The summed E-state index contributed by atoms with van der Waals surface area (Å²) in [6.07, 6.45) is 0. The number of amides is 1. The van der Waals surface area contributed by atoms with E-state index in [1.54, 1.807) is 18.2 Å². The summed E-state index contributed by atoms with van der Waals surface area (Å²) in [6, 6.07) is 3.89. The number of carbonyl (C=O) groups is 2. The number of halogens is 1. The van der Waals surface area contributed by atoms with E-state index in [1.165, 1.54) is 7.11 Å². The monoisotopic (exact) mass is 318 g/mol. The molecule has 0 bridgehead atoms. The number of rotatable bonds is 7. The minimum atomic E-state index is -1.09. The predicted molar refractivity (Wildman–Crippen MR) is 79.6 cm³/mol. The lowest BCUT2D eigenvalue weighted by molar-refractivity contribution is -0.137. The van der Waals surface area contributed by atoms with Crippen molar-refractivity contribution < 1.29 is 19.4 Å². The highest BCUT2D eigenvalue weighted by Gasteiger charge is 2.13. The highest BCUT2D eigenvalue weighted by molar-refractivity contribution is 8.00. The fraction of sp³-hybridized carbons (Fsp3) is 0.333. The Kier molecular flexibility index (Phi) is 6.63. The van der Waals surface area contributed by atoms with Crippen LogP contribution in [0.25, 0.3) is 0 Å². The molecule has 8 heteroatoms. The van der Waals surface area contributed by atoms with Gasteiger partial charge in [-0.3, -0.25) is 9.59 Å². The van der Waals surface area contributed by atoms with Crippen LogP contribution in [-0.2, 0) is 9.59 Å². The predicted octanol–water partition coefficient (Wildman–Crippen LogP) is 1.43. The average molecular weight is 319 g/mol. The molecule has 0 heterocycles. The molecule has 4 N–H and O–H groups in total. The van der Waals surface area contributed by atoms with Crippen molar-refractivity contribution in [1.82, 2.24) is 0 Å². The molecular formula is C12H15ClN2O4S. The van der Waals surface area contributed by atoms with E-state index in [4.69, 9.17) is 27.2 Å². The Bertz CT molecular complexity index is 498. The largest absolute Gasteiger partial charge is 0.495 e. The van der Waals surface area contributed by atoms with Crippen LogP contribution in [0.1, 0.15) is 0 Å². The van der Waals surface area contributed by atoms with Crippen molar-refractivity contribution in [2.24, 2.45) is 5.73 Å². The maximum Gasteiger partial charge on any atom is 0.321 e. The Morgan fingerprint density at radius 3 is 2.85 bits per heavy atom. The summed E-state index contributed by atoms with van der Waals surface area (Å²) in [6.45, 7) is 0. The lowest BCUT2D eigenvalue weighted by Gasteiger charge is -2.11. The second-order valence-electron chi connectivity index (χ2n) is 3.85. The number of benzene rings is 1. The number of carbonyl (C=O) groups excluding carboxylic acids is 1. The third kappa shape index (κ3) is 5.28. The molecule has 110 valence electrons. The van der Waals surface area contributed by atoms with Gasteiger partial charge in [0.2, 0.25) is 5.91 Å². The van der Waals surface area contributed by atoms with Crippen molar-refractivity contribution in [2.45, 2.75) is 6.04 Å². The topological polar surface area (TPSA) is 102 Å². The molecule has 0 spiro atoms. The Balaban J connectivity index is 2.50. The smallest absolute Gasteiger partial charge is 0.321 e. The molecule has 0 aliphatic carbocycles. The van der Waals surface area contributed by atoms with Gasteiger partial charge in [0.05, 0.1) is 18.6 Å². The van der Waals surface area contributed by atoms with E-state index in [1.807, 2.05) is 0 Å². The lowest BCUT2D eigenvalue weighted by atomic mass is 10.3. The first-order valence-electron chi connectivity index (χ1n) is 5.63. The summed E-state index contributed by atoms with van der Waals surface area (Å²) < 4.78 is 5.10. The van der Waals surface area contributed by atoms with Gasteiger partial charge in [0.15, 0.2) is 0 Å². The van der Waals surface area contributed by atoms with Gasteiger partial charge in [-0.05, 0) is 18.2 Å². The molecule has 1 aromatic rings. The molecule has 1 rings (SSSR count). The molecule has 0 aliphatic rings. The van der Waals surface area contributed by atoms with E-state index in [0.29, 0.717) is 16.5 Å². The van der Waals surface area contributed by atoms with Crippen LogP contribution in [-0.4, -0.2) is 41.6 Å². The Morgan fingerprint density at radius 2 is 2.25 bits per heavy atom. The molecule has 1 unspecified atom stereocenters. The standard InChI is InChI=1S/C12H15ClN2O4S/c1-19-10-3-2-7(13)4-9(10)15-11(16)6-20-5-8(14)12(17)18/h2-4,8H,5-6,14H2,1H3,(H,15,16)(H,17,18). The molecule has 1 amide bonds. The molecule has 0 aliphatic heterocycles. The molecule has 6 nitrogen and oxygen atoms in total. The summed E-state index contributed by atoms with van der Waals surface area (Å²) in [5, 5.41) is 11.7. The first kappa shape index (κ1) is 16.6. The van der Waals surface area contributed by atoms with Crippen molar-refractivity contribution >= 4 is 40.9 Å². The van der Waals surface area contributed by atoms with Gasteiger partial charge in [-0.2, -0.15) is 0 Å². The summed E-state index contributed by atoms with van der Waals surface area (Å²) >= 11 is 6.99. The first-order valence-corrected chi connectivity index (χ1v) is 7.17. The van der Waals surface area contributed by atoms with Crippen LogP contribution in [0.5, 0.6) is 5.75 Å². The van der Waals surface area contributed by atoms with E-state index in [2.05, 4.69) is 5.32 Å². The fourth-order valence-corrected chi connectivity index (χ4v) is 2.26. The Labute approximate surface area is 125 Å². The molecular weight excluding hydrogens is 304 g/mol. The Morgan fingerprint density at radius 1 is 1.55 bits per heavy atom. The molecule has 0 aromatic heterocycles. The Hall–Kier alpha value is -1.44. The SMILES string of the molecule is COc1ccc(Cl)cc1NC(=O)CSCC(N)C(=O)O. The van der Waals surface area contributed by atoms with Gasteiger partial charge in [-0.1, -0.05) is 11.6 Å². The third-order valence-electron chi connectivity index (χ3n) is 2.28. The van der Waals surface area contributed by atoms with Crippen molar-refractivity contribution in [3.8, 4) is 5.75 Å². The third-order valence-corrected chi connectivity index (χ3v) is 3.58. The summed E-state index contributed by atoms with van der Waals surface area (Å²) in [5.41, 5.74) is 5.80. The van der Waals surface area contributed by atoms with E-state index in [0.717, 1.165) is 11.8 Å². The minimum Gasteiger partial charge on any atom is -0.495 e. The number of ether oxygens (including phenoxy) is 1. The van der Waals surface area contributed by atoms with Gasteiger partial charge < -0.3 is 20.9 Å². The number of hydrogen-bond acceptors (Lipinski definition) is 5. The second-order valence-corrected chi connectivity index (χ2v) is 5.32. The average Bonchev–Trinajstić information content (AvgIpc) is 2.38. The van der Waals surface area contributed by atoms with E-state index in [9.17, 15) is 9.59 Å². The molecule has 0 fully saturated rings. The van der Waals surface area contributed by atoms with Gasteiger partial charge in [-0.15, -0.1) is 11.8 Å². The number of nitrogens with two attached hydrogens (primary N) is 1. The number of carboxylic acid groups (broad SMARTS) is 1. The number of nitrogens with one attached hydrogen (secondary N) is 1. The quantitative estimate of drug-likeness (QED) is 0.703. The lowest BCUT2D eigenvalue weighted by Crippen LogP contribution is -2.33. The fourth-order valence-electron chi connectivity index (χ4n) is 1.31. The van der Waals surface area contributed by atoms with E-state index >= 15 is 0 Å². The van der Waals surface area contributed by atoms with Crippen LogP contribution < -0.4 is 15.8 Å². The highest BCUT2D eigenvalue weighted by Crippen LogP contribution is 2.27. The number of anilines is 1. The summed E-state index contributed by atoms with van der Waals surface area (Å²) in [5.74, 6) is -0.621. The van der Waals surface area contributed by atoms with Crippen LogP contribution in [0.15, 0.2) is 18.2 Å². The van der Waals surface area contributed by atoms with Crippen LogP contribution in [0.2, 0.25) is 5.02 Å². The summed E-state index contributed by atoms with van der Waals surface area (Å²) in [4.78, 5) is 22.2. The molecule has 1 aromatic carbocycles. The normalized spacial score (nSPS) is 11.8. The maximum absolute atomic E-state index is 11.7. The van der Waals surface area contributed by atoms with Gasteiger partial charge >= 0.3 is 5.97 Å². The molecule has 20 heavy (non-hydrogen) atoms. The van der Waals surface area contributed by atoms with Crippen LogP contribution >= 0.6 is 23.4 Å². The van der Waals surface area contributed by atoms with Crippen LogP contribution in [0.4, 0.5) is 5.69 Å². The minimum absolute atomic E-state index is 0.0939. The van der Waals surface area contributed by atoms with E-state index in [-0.39, 0.29) is 17.4 Å². The van der Waals surface area contributed by atoms with Crippen molar-refractivity contribution in [3.05, 3.63) is 23.2 Å².